The lowest BCUT2D eigenvalue weighted by Crippen LogP contribution is -2.25. The van der Waals surface area contributed by atoms with Gasteiger partial charge in [-0.2, -0.15) is 0 Å². The molecule has 2 heteroatoms. The van der Waals surface area contributed by atoms with Crippen LogP contribution in [0.3, 0.4) is 0 Å². The summed E-state index contributed by atoms with van der Waals surface area (Å²) in [6, 6.07) is 0. The van der Waals surface area contributed by atoms with E-state index in [0.717, 1.165) is 25.7 Å². The molecule has 2 nitrogen and oxygen atoms in total. The summed E-state index contributed by atoms with van der Waals surface area (Å²) in [4.78, 5) is 0. The van der Waals surface area contributed by atoms with Gasteiger partial charge in [-0.3, -0.25) is 0 Å². The predicted octanol–water partition coefficient (Wildman–Crippen LogP) is 4.04. The van der Waals surface area contributed by atoms with Gasteiger partial charge in [0, 0.05) is 0 Å². The van der Waals surface area contributed by atoms with Crippen LogP contribution in [0.2, 0.25) is 0 Å². The zero-order valence-corrected chi connectivity index (χ0v) is 12.3. The lowest BCUT2D eigenvalue weighted by molar-refractivity contribution is 0.118. The summed E-state index contributed by atoms with van der Waals surface area (Å²) in [6.07, 6.45) is 13.3. The van der Waals surface area contributed by atoms with Crippen molar-refractivity contribution in [2.45, 2.75) is 96.7 Å². The van der Waals surface area contributed by atoms with Gasteiger partial charge < -0.3 is 10.2 Å². The largest absolute Gasteiger partial charge is 0.393 e. The molecule has 0 radical (unpaired) electrons. The maximum atomic E-state index is 9.38. The molecule has 0 aliphatic heterocycles. The third-order valence-corrected chi connectivity index (χ3v) is 4.57. The molecule has 0 aromatic rings. The van der Waals surface area contributed by atoms with E-state index in [0.29, 0.717) is 5.41 Å². The van der Waals surface area contributed by atoms with Crippen LogP contribution in [0.1, 0.15) is 84.5 Å². The second kappa shape index (κ2) is 8.16. The quantitative estimate of drug-likeness (QED) is 0.688. The molecular weight excluding hydrogens is 224 g/mol. The summed E-state index contributed by atoms with van der Waals surface area (Å²) in [5.41, 5.74) is 0.530. The topological polar surface area (TPSA) is 40.5 Å². The third-order valence-electron chi connectivity index (χ3n) is 4.57. The average molecular weight is 256 g/mol. The van der Waals surface area contributed by atoms with Gasteiger partial charge in [0.15, 0.2) is 0 Å². The van der Waals surface area contributed by atoms with Gasteiger partial charge in [0.25, 0.3) is 0 Å². The van der Waals surface area contributed by atoms with Gasteiger partial charge in [-0.15, -0.1) is 0 Å². The highest BCUT2D eigenvalue weighted by atomic mass is 16.3. The van der Waals surface area contributed by atoms with Crippen molar-refractivity contribution in [1.82, 2.24) is 0 Å². The Morgan fingerprint density at radius 1 is 0.833 bits per heavy atom. The Labute approximate surface area is 113 Å². The summed E-state index contributed by atoms with van der Waals surface area (Å²) in [7, 11) is 0. The first-order valence-corrected chi connectivity index (χ1v) is 7.90. The summed E-state index contributed by atoms with van der Waals surface area (Å²) in [6.45, 7) is 3.78. The fourth-order valence-electron chi connectivity index (χ4n) is 3.47. The van der Waals surface area contributed by atoms with Gasteiger partial charge in [0.1, 0.15) is 0 Å². The second-order valence-corrected chi connectivity index (χ2v) is 6.54. The second-order valence-electron chi connectivity index (χ2n) is 6.54. The molecule has 1 rings (SSSR count). The Hall–Kier alpha value is -0.0800. The van der Waals surface area contributed by atoms with Crippen molar-refractivity contribution in [2.24, 2.45) is 5.41 Å². The van der Waals surface area contributed by atoms with Crippen molar-refractivity contribution < 1.29 is 10.2 Å². The summed E-state index contributed by atoms with van der Waals surface area (Å²) in [5, 5.41) is 18.8. The smallest absolute Gasteiger partial charge is 0.0512 e. The Morgan fingerprint density at radius 2 is 1.28 bits per heavy atom. The highest BCUT2D eigenvalue weighted by Crippen LogP contribution is 2.44. The van der Waals surface area contributed by atoms with E-state index in [1.165, 1.54) is 44.9 Å². The zero-order valence-electron chi connectivity index (χ0n) is 12.3. The van der Waals surface area contributed by atoms with Gasteiger partial charge >= 0.3 is 0 Å². The fraction of sp³-hybridized carbons (Fsp3) is 1.00. The zero-order chi connectivity index (χ0) is 13.4. The van der Waals surface area contributed by atoms with E-state index in [4.69, 9.17) is 0 Å². The Balaban J connectivity index is 2.36. The standard InChI is InChI=1S/C16H32O2/c1-14(17)8-6-12-16(10-4-3-5-11-16)13-7-9-15(2)18/h14-15,17-18H,3-13H2,1-2H3. The molecule has 0 heterocycles. The van der Waals surface area contributed by atoms with E-state index < -0.39 is 0 Å². The van der Waals surface area contributed by atoms with Crippen LogP contribution in [0.25, 0.3) is 0 Å². The molecule has 0 saturated heterocycles. The van der Waals surface area contributed by atoms with E-state index in [2.05, 4.69) is 0 Å². The van der Waals surface area contributed by atoms with Crippen LogP contribution in [0.5, 0.6) is 0 Å². The molecule has 0 spiro atoms. The fourth-order valence-corrected chi connectivity index (χ4v) is 3.47. The minimum absolute atomic E-state index is 0.150. The van der Waals surface area contributed by atoms with Crippen LogP contribution in [0.4, 0.5) is 0 Å². The summed E-state index contributed by atoms with van der Waals surface area (Å²) < 4.78 is 0. The van der Waals surface area contributed by atoms with Gasteiger partial charge in [-0.25, -0.2) is 0 Å². The molecule has 2 N–H and O–H groups in total. The van der Waals surface area contributed by atoms with E-state index >= 15 is 0 Å². The van der Waals surface area contributed by atoms with Gasteiger partial charge in [-0.05, 0) is 57.8 Å². The van der Waals surface area contributed by atoms with Gasteiger partial charge in [0.2, 0.25) is 0 Å². The van der Waals surface area contributed by atoms with Gasteiger partial charge in [0.05, 0.1) is 12.2 Å². The van der Waals surface area contributed by atoms with Crippen molar-refractivity contribution >= 4 is 0 Å². The molecule has 0 bridgehead atoms. The number of hydrogen-bond donors (Lipinski definition) is 2. The third kappa shape index (κ3) is 6.19. The lowest BCUT2D eigenvalue weighted by Gasteiger charge is -2.38. The minimum atomic E-state index is -0.150. The number of aliphatic hydroxyl groups is 2. The van der Waals surface area contributed by atoms with Crippen molar-refractivity contribution in [1.29, 1.82) is 0 Å². The highest BCUT2D eigenvalue weighted by Gasteiger charge is 2.30. The molecule has 108 valence electrons. The molecule has 18 heavy (non-hydrogen) atoms. The molecule has 0 aromatic carbocycles. The molecule has 2 unspecified atom stereocenters. The number of rotatable bonds is 8. The van der Waals surface area contributed by atoms with Crippen LogP contribution in [0.15, 0.2) is 0 Å². The average Bonchev–Trinajstić information content (AvgIpc) is 2.29. The van der Waals surface area contributed by atoms with Crippen molar-refractivity contribution in [3.63, 3.8) is 0 Å². The highest BCUT2D eigenvalue weighted by molar-refractivity contribution is 4.83. The molecular formula is C16H32O2. The maximum absolute atomic E-state index is 9.38. The first kappa shape index (κ1) is 16.0. The van der Waals surface area contributed by atoms with Crippen LogP contribution >= 0.6 is 0 Å². The normalized spacial score (nSPS) is 22.7. The Kier molecular flexibility index (Phi) is 7.25. The van der Waals surface area contributed by atoms with Crippen molar-refractivity contribution in [2.75, 3.05) is 0 Å². The van der Waals surface area contributed by atoms with E-state index in [1.54, 1.807) is 0 Å². The van der Waals surface area contributed by atoms with Crippen molar-refractivity contribution in [3.8, 4) is 0 Å². The number of aliphatic hydroxyl groups excluding tert-OH is 2. The summed E-state index contributed by atoms with van der Waals surface area (Å²) >= 11 is 0. The summed E-state index contributed by atoms with van der Waals surface area (Å²) in [5.74, 6) is 0. The molecule has 2 atom stereocenters. The minimum Gasteiger partial charge on any atom is -0.393 e. The van der Waals surface area contributed by atoms with Crippen LogP contribution in [0, 0.1) is 5.41 Å². The number of hydrogen-bond acceptors (Lipinski definition) is 2. The molecule has 1 saturated carbocycles. The SMILES string of the molecule is CC(O)CCCC1(CCCC(C)O)CCCCC1. The van der Waals surface area contributed by atoms with E-state index in [1.807, 2.05) is 13.8 Å². The first-order chi connectivity index (χ1) is 8.54. The monoisotopic (exact) mass is 256 g/mol. The van der Waals surface area contributed by atoms with E-state index in [9.17, 15) is 10.2 Å². The maximum Gasteiger partial charge on any atom is 0.0512 e. The molecule has 0 aromatic heterocycles. The van der Waals surface area contributed by atoms with Crippen molar-refractivity contribution in [3.05, 3.63) is 0 Å². The molecule has 0 amide bonds. The van der Waals surface area contributed by atoms with E-state index in [-0.39, 0.29) is 12.2 Å². The lowest BCUT2D eigenvalue weighted by atomic mass is 9.68. The van der Waals surface area contributed by atoms with Crippen LogP contribution < -0.4 is 0 Å². The molecule has 1 aliphatic rings. The van der Waals surface area contributed by atoms with Crippen LogP contribution in [-0.2, 0) is 0 Å². The Morgan fingerprint density at radius 3 is 1.67 bits per heavy atom. The van der Waals surface area contributed by atoms with Crippen LogP contribution in [-0.4, -0.2) is 22.4 Å². The molecule has 1 aliphatic carbocycles. The first-order valence-electron chi connectivity index (χ1n) is 7.90. The Bertz CT molecular complexity index is 189. The van der Waals surface area contributed by atoms with Gasteiger partial charge in [-0.1, -0.05) is 32.1 Å². The molecule has 1 fully saturated rings. The predicted molar refractivity (Wildman–Crippen MR) is 76.6 cm³/mol.